The third kappa shape index (κ3) is 3.94. The van der Waals surface area contributed by atoms with E-state index in [1.54, 1.807) is 0 Å². The second-order valence-electron chi connectivity index (χ2n) is 6.03. The Balaban J connectivity index is 1.63. The summed E-state index contributed by atoms with van der Waals surface area (Å²) in [7, 11) is 2.26. The van der Waals surface area contributed by atoms with Gasteiger partial charge >= 0.3 is 0 Å². The Morgan fingerprint density at radius 3 is 2.35 bits per heavy atom. The highest BCUT2D eigenvalue weighted by atomic mass is 16.5. The second kappa shape index (κ2) is 6.17. The summed E-state index contributed by atoms with van der Waals surface area (Å²) >= 11 is 0. The first-order chi connectivity index (χ1) is 8.20. The van der Waals surface area contributed by atoms with Crippen molar-refractivity contribution in [3.8, 4) is 0 Å². The van der Waals surface area contributed by atoms with Crippen LogP contribution in [0, 0.1) is 0 Å². The molecule has 2 rings (SSSR count). The molecule has 3 nitrogen and oxygen atoms in total. The zero-order valence-electron chi connectivity index (χ0n) is 11.5. The van der Waals surface area contributed by atoms with E-state index in [9.17, 15) is 0 Å². The van der Waals surface area contributed by atoms with E-state index in [-0.39, 0.29) is 5.60 Å². The van der Waals surface area contributed by atoms with Crippen molar-refractivity contribution in [1.29, 1.82) is 0 Å². The number of hydrogen-bond donors (Lipinski definition) is 1. The first kappa shape index (κ1) is 13.3. The van der Waals surface area contributed by atoms with Gasteiger partial charge in [-0.15, -0.1) is 0 Å². The van der Waals surface area contributed by atoms with Gasteiger partial charge in [0.25, 0.3) is 0 Å². The Labute approximate surface area is 106 Å². The first-order valence-electron chi connectivity index (χ1n) is 7.25. The average molecular weight is 240 g/mol. The first-order valence-corrected chi connectivity index (χ1v) is 7.25. The fourth-order valence-corrected chi connectivity index (χ4v) is 2.90. The number of likely N-dealkylation sites (N-methyl/N-ethyl adjacent to an activating group) is 1. The summed E-state index contributed by atoms with van der Waals surface area (Å²) < 4.78 is 5.95. The maximum absolute atomic E-state index is 5.95. The molecule has 0 amide bonds. The van der Waals surface area contributed by atoms with E-state index in [1.165, 1.54) is 38.5 Å². The van der Waals surface area contributed by atoms with Gasteiger partial charge in [-0.05, 0) is 26.8 Å². The van der Waals surface area contributed by atoms with Crippen molar-refractivity contribution < 1.29 is 4.74 Å². The number of ether oxygens (including phenoxy) is 1. The van der Waals surface area contributed by atoms with Crippen LogP contribution in [0.1, 0.15) is 45.4 Å². The van der Waals surface area contributed by atoms with Crippen LogP contribution in [-0.2, 0) is 4.74 Å². The van der Waals surface area contributed by atoms with Gasteiger partial charge in [0.2, 0.25) is 0 Å². The van der Waals surface area contributed by atoms with Gasteiger partial charge < -0.3 is 15.0 Å². The lowest BCUT2D eigenvalue weighted by atomic mass is 10.0. The summed E-state index contributed by atoms with van der Waals surface area (Å²) in [6, 6.07) is 0.799. The Hall–Kier alpha value is -0.120. The zero-order chi connectivity index (χ0) is 12.1. The maximum atomic E-state index is 5.95. The van der Waals surface area contributed by atoms with Crippen LogP contribution in [0.2, 0.25) is 0 Å². The molecule has 2 aliphatic rings. The molecule has 0 unspecified atom stereocenters. The highest BCUT2D eigenvalue weighted by Gasteiger charge is 2.32. The molecule has 100 valence electrons. The van der Waals surface area contributed by atoms with Crippen LogP contribution >= 0.6 is 0 Å². The molecule has 0 atom stereocenters. The minimum atomic E-state index is 0.115. The van der Waals surface area contributed by atoms with Crippen molar-refractivity contribution >= 4 is 0 Å². The van der Waals surface area contributed by atoms with E-state index >= 15 is 0 Å². The summed E-state index contributed by atoms with van der Waals surface area (Å²) in [6.45, 7) is 6.20. The fraction of sp³-hybridized carbons (Fsp3) is 1.00. The average Bonchev–Trinajstić information content (AvgIpc) is 2.55. The molecular weight excluding hydrogens is 212 g/mol. The largest absolute Gasteiger partial charge is 0.371 e. The van der Waals surface area contributed by atoms with Crippen molar-refractivity contribution in [2.45, 2.75) is 57.1 Å². The quantitative estimate of drug-likeness (QED) is 0.744. The zero-order valence-corrected chi connectivity index (χ0v) is 11.5. The number of nitrogens with zero attached hydrogens (tertiary/aromatic N) is 1. The van der Waals surface area contributed by atoms with Gasteiger partial charge in [0.05, 0.1) is 12.2 Å². The van der Waals surface area contributed by atoms with Crippen LogP contribution in [0.4, 0.5) is 0 Å². The number of nitrogens with one attached hydrogen (secondary N) is 1. The smallest absolute Gasteiger partial charge is 0.0902 e. The predicted molar refractivity (Wildman–Crippen MR) is 71.3 cm³/mol. The molecule has 0 radical (unpaired) electrons. The van der Waals surface area contributed by atoms with Crippen LogP contribution in [0.5, 0.6) is 0 Å². The van der Waals surface area contributed by atoms with Crippen molar-refractivity contribution in [1.82, 2.24) is 10.2 Å². The lowest BCUT2D eigenvalue weighted by molar-refractivity contribution is -0.0730. The van der Waals surface area contributed by atoms with Crippen LogP contribution in [-0.4, -0.2) is 49.8 Å². The molecule has 1 saturated heterocycles. The SMILES string of the molecule is CN(CCOC1(C)CNC1)C1CCCCCC1. The summed E-state index contributed by atoms with van der Waals surface area (Å²) in [4.78, 5) is 2.51. The highest BCUT2D eigenvalue weighted by Crippen LogP contribution is 2.21. The summed E-state index contributed by atoms with van der Waals surface area (Å²) in [6.07, 6.45) is 8.47. The minimum Gasteiger partial charge on any atom is -0.371 e. The van der Waals surface area contributed by atoms with Crippen LogP contribution in [0.3, 0.4) is 0 Å². The summed E-state index contributed by atoms with van der Waals surface area (Å²) in [5, 5.41) is 3.27. The molecule has 17 heavy (non-hydrogen) atoms. The van der Waals surface area contributed by atoms with Gasteiger partial charge in [-0.25, -0.2) is 0 Å². The Bertz CT molecular complexity index is 220. The second-order valence-corrected chi connectivity index (χ2v) is 6.03. The van der Waals surface area contributed by atoms with Gasteiger partial charge in [0.1, 0.15) is 0 Å². The number of rotatable bonds is 5. The molecule has 0 aromatic heterocycles. The van der Waals surface area contributed by atoms with Gasteiger partial charge in [-0.2, -0.15) is 0 Å². The summed E-state index contributed by atoms with van der Waals surface area (Å²) in [5.74, 6) is 0. The minimum absolute atomic E-state index is 0.115. The van der Waals surface area contributed by atoms with E-state index in [2.05, 4.69) is 24.2 Å². The van der Waals surface area contributed by atoms with Crippen molar-refractivity contribution in [2.24, 2.45) is 0 Å². The lowest BCUT2D eigenvalue weighted by Crippen LogP contribution is -2.59. The molecule has 0 aromatic rings. The molecule has 1 aliphatic carbocycles. The van der Waals surface area contributed by atoms with Crippen LogP contribution in [0.15, 0.2) is 0 Å². The molecule has 0 bridgehead atoms. The molecule has 0 spiro atoms. The van der Waals surface area contributed by atoms with E-state index < -0.39 is 0 Å². The van der Waals surface area contributed by atoms with Crippen LogP contribution in [0.25, 0.3) is 0 Å². The molecule has 1 N–H and O–H groups in total. The Morgan fingerprint density at radius 2 is 1.82 bits per heavy atom. The molecule has 1 saturated carbocycles. The maximum Gasteiger partial charge on any atom is 0.0902 e. The Morgan fingerprint density at radius 1 is 1.18 bits per heavy atom. The fourth-order valence-electron chi connectivity index (χ4n) is 2.90. The van der Waals surface area contributed by atoms with Crippen molar-refractivity contribution in [3.05, 3.63) is 0 Å². The van der Waals surface area contributed by atoms with E-state index in [1.807, 2.05) is 0 Å². The molecule has 1 aliphatic heterocycles. The standard InChI is InChI=1S/C14H28N2O/c1-14(11-15-12-14)17-10-9-16(2)13-7-5-3-4-6-8-13/h13,15H,3-12H2,1-2H3. The highest BCUT2D eigenvalue weighted by molar-refractivity contribution is 4.90. The van der Waals surface area contributed by atoms with Gasteiger partial charge in [0.15, 0.2) is 0 Å². The molecule has 3 heteroatoms. The number of hydrogen-bond acceptors (Lipinski definition) is 3. The predicted octanol–water partition coefficient (Wildman–Crippen LogP) is 2.02. The molecule has 1 heterocycles. The van der Waals surface area contributed by atoms with E-state index in [0.717, 1.165) is 32.3 Å². The van der Waals surface area contributed by atoms with Gasteiger partial charge in [0, 0.05) is 25.7 Å². The third-order valence-corrected chi connectivity index (χ3v) is 4.34. The topological polar surface area (TPSA) is 24.5 Å². The molecule has 0 aromatic carbocycles. The van der Waals surface area contributed by atoms with E-state index in [4.69, 9.17) is 4.74 Å². The monoisotopic (exact) mass is 240 g/mol. The van der Waals surface area contributed by atoms with Crippen molar-refractivity contribution in [3.63, 3.8) is 0 Å². The Kier molecular flexibility index (Phi) is 4.83. The summed E-state index contributed by atoms with van der Waals surface area (Å²) in [5.41, 5.74) is 0.115. The van der Waals surface area contributed by atoms with Crippen LogP contribution < -0.4 is 5.32 Å². The van der Waals surface area contributed by atoms with Crippen molar-refractivity contribution in [2.75, 3.05) is 33.3 Å². The van der Waals surface area contributed by atoms with Gasteiger partial charge in [-0.1, -0.05) is 25.7 Å². The van der Waals surface area contributed by atoms with E-state index in [0.29, 0.717) is 0 Å². The normalized spacial score (nSPS) is 25.6. The lowest BCUT2D eigenvalue weighted by Gasteiger charge is -2.39. The van der Waals surface area contributed by atoms with Gasteiger partial charge in [-0.3, -0.25) is 0 Å². The molecular formula is C14H28N2O. The molecule has 2 fully saturated rings. The third-order valence-electron chi connectivity index (χ3n) is 4.34.